The molecule has 1 aliphatic heterocycles. The van der Waals surface area contributed by atoms with Crippen LogP contribution in [0.15, 0.2) is 42.7 Å². The van der Waals surface area contributed by atoms with Gasteiger partial charge in [-0.15, -0.1) is 0 Å². The second kappa shape index (κ2) is 9.52. The number of unbranched alkanes of at least 4 members (excludes halogenated alkanes) is 2. The summed E-state index contributed by atoms with van der Waals surface area (Å²) in [6.45, 7) is 12.0. The van der Waals surface area contributed by atoms with Crippen LogP contribution in [-0.2, 0) is 6.54 Å². The van der Waals surface area contributed by atoms with Crippen molar-refractivity contribution in [2.75, 3.05) is 24.6 Å². The largest absolute Gasteiger partial charge is 0.505 e. The number of ether oxygens (including phenoxy) is 1. The van der Waals surface area contributed by atoms with Crippen LogP contribution in [0.5, 0.6) is 5.75 Å². The number of benzene rings is 1. The van der Waals surface area contributed by atoms with Crippen molar-refractivity contribution in [2.24, 2.45) is 0 Å². The Balaban J connectivity index is 1.52. The predicted octanol–water partition coefficient (Wildman–Crippen LogP) is 5.51. The first kappa shape index (κ1) is 20.7. The number of nitrogens with one attached hydrogen (secondary N) is 1. The van der Waals surface area contributed by atoms with Gasteiger partial charge in [-0.1, -0.05) is 25.8 Å². The summed E-state index contributed by atoms with van der Waals surface area (Å²) in [6.07, 6.45) is 7.68. The zero-order chi connectivity index (χ0) is 21.6. The normalized spacial score (nSPS) is 14.1. The lowest BCUT2D eigenvalue weighted by atomic mass is 10.1. The van der Waals surface area contributed by atoms with E-state index in [0.29, 0.717) is 37.7 Å². The molecular weight excluding hydrogens is 390 g/mol. The first-order chi connectivity index (χ1) is 15.2. The number of hydrogen-bond acceptors (Lipinski definition) is 3. The summed E-state index contributed by atoms with van der Waals surface area (Å²) in [5.74, 6) is 0.552. The maximum Gasteiger partial charge on any atom is 0.324 e. The Morgan fingerprint density at radius 1 is 1.23 bits per heavy atom. The van der Waals surface area contributed by atoms with Gasteiger partial charge in [-0.2, -0.15) is 0 Å². The Morgan fingerprint density at radius 3 is 2.97 bits per heavy atom. The summed E-state index contributed by atoms with van der Waals surface area (Å²) in [7, 11) is 0. The van der Waals surface area contributed by atoms with E-state index in [1.54, 1.807) is 17.2 Å². The number of nitrogens with zero attached hydrogens (tertiary/aromatic N) is 4. The number of amides is 2. The van der Waals surface area contributed by atoms with Crippen LogP contribution in [0.25, 0.3) is 15.9 Å². The molecule has 0 radical (unpaired) electrons. The molecule has 1 aliphatic rings. The molecule has 0 aliphatic carbocycles. The van der Waals surface area contributed by atoms with Gasteiger partial charge in [-0.05, 0) is 42.7 Å². The molecule has 2 aromatic heterocycles. The number of hydrogen-bond donors (Lipinski definition) is 1. The Bertz CT molecular complexity index is 1100. The minimum atomic E-state index is -0.0285. The van der Waals surface area contributed by atoms with Gasteiger partial charge in [0.15, 0.2) is 0 Å². The highest BCUT2D eigenvalue weighted by Crippen LogP contribution is 2.34. The van der Waals surface area contributed by atoms with Gasteiger partial charge in [0.25, 0.3) is 0 Å². The summed E-state index contributed by atoms with van der Waals surface area (Å²) in [4.78, 5) is 28.0. The van der Waals surface area contributed by atoms with Crippen LogP contribution in [0.2, 0.25) is 0 Å². The molecule has 2 amide bonds. The standard InChI is InChI=1S/C24H27N5O2/c1-3-4-5-15-31-22-16-19(7-8-21(22)25-2)29-14-6-13-28(24(29)30)17-18-9-11-26-23-20(18)10-12-27-23/h7-12,16H,3-6,13-15,17H2,1H3,(H,26,27). The third kappa shape index (κ3) is 4.48. The number of carbonyl (C=O) groups excluding carboxylic acids is 1. The molecule has 160 valence electrons. The number of pyridine rings is 1. The van der Waals surface area contributed by atoms with Gasteiger partial charge in [0.2, 0.25) is 5.69 Å². The second-order valence-corrected chi connectivity index (χ2v) is 7.74. The SMILES string of the molecule is [C-]#[N+]c1ccc(N2CCCN(Cc3ccnc4[nH]ccc34)C2=O)cc1OCCCCC. The smallest absolute Gasteiger partial charge is 0.324 e. The topological polar surface area (TPSA) is 65.8 Å². The highest BCUT2D eigenvalue weighted by molar-refractivity contribution is 5.93. The van der Waals surface area contributed by atoms with Crippen molar-refractivity contribution in [3.63, 3.8) is 0 Å². The molecule has 1 N–H and O–H groups in total. The van der Waals surface area contributed by atoms with Crippen LogP contribution in [-0.4, -0.2) is 40.6 Å². The third-order valence-corrected chi connectivity index (χ3v) is 5.60. The molecule has 0 spiro atoms. The van der Waals surface area contributed by atoms with E-state index in [1.165, 1.54) is 0 Å². The van der Waals surface area contributed by atoms with E-state index in [0.717, 1.165) is 48.0 Å². The van der Waals surface area contributed by atoms with Crippen molar-refractivity contribution in [1.29, 1.82) is 0 Å². The van der Waals surface area contributed by atoms with E-state index >= 15 is 0 Å². The maximum absolute atomic E-state index is 13.3. The van der Waals surface area contributed by atoms with Gasteiger partial charge >= 0.3 is 6.03 Å². The predicted molar refractivity (Wildman–Crippen MR) is 122 cm³/mol. The highest BCUT2D eigenvalue weighted by atomic mass is 16.5. The average Bonchev–Trinajstić information content (AvgIpc) is 3.28. The molecule has 0 unspecified atom stereocenters. The van der Waals surface area contributed by atoms with Gasteiger partial charge in [0.1, 0.15) is 11.4 Å². The van der Waals surface area contributed by atoms with Gasteiger partial charge in [0.05, 0.1) is 13.2 Å². The molecule has 7 nitrogen and oxygen atoms in total. The van der Waals surface area contributed by atoms with E-state index in [4.69, 9.17) is 11.3 Å². The van der Waals surface area contributed by atoms with Crippen molar-refractivity contribution in [3.8, 4) is 5.75 Å². The van der Waals surface area contributed by atoms with Crippen LogP contribution in [0.1, 0.15) is 38.2 Å². The fourth-order valence-corrected chi connectivity index (χ4v) is 3.94. The third-order valence-electron chi connectivity index (χ3n) is 5.60. The minimum absolute atomic E-state index is 0.0285. The number of anilines is 1. The van der Waals surface area contributed by atoms with Gasteiger partial charge < -0.3 is 14.6 Å². The number of fused-ring (bicyclic) bond motifs is 1. The lowest BCUT2D eigenvalue weighted by molar-refractivity contribution is 0.192. The fourth-order valence-electron chi connectivity index (χ4n) is 3.94. The Hall–Kier alpha value is -3.53. The van der Waals surface area contributed by atoms with Crippen LogP contribution >= 0.6 is 0 Å². The van der Waals surface area contributed by atoms with Crippen LogP contribution in [0.4, 0.5) is 16.2 Å². The summed E-state index contributed by atoms with van der Waals surface area (Å²) in [6, 6.07) is 9.35. The van der Waals surface area contributed by atoms with E-state index in [9.17, 15) is 4.79 Å². The summed E-state index contributed by atoms with van der Waals surface area (Å²) < 4.78 is 5.88. The molecular formula is C24H27N5O2. The first-order valence-corrected chi connectivity index (χ1v) is 10.8. The van der Waals surface area contributed by atoms with E-state index in [1.807, 2.05) is 35.4 Å². The van der Waals surface area contributed by atoms with Crippen LogP contribution in [0.3, 0.4) is 0 Å². The lowest BCUT2D eigenvalue weighted by Gasteiger charge is -2.36. The molecule has 1 aromatic carbocycles. The maximum atomic E-state index is 13.3. The molecule has 1 saturated heterocycles. The number of aromatic amines is 1. The highest BCUT2D eigenvalue weighted by Gasteiger charge is 2.28. The summed E-state index contributed by atoms with van der Waals surface area (Å²) in [5.41, 5.74) is 3.16. The second-order valence-electron chi connectivity index (χ2n) is 7.74. The lowest BCUT2D eigenvalue weighted by Crippen LogP contribution is -2.49. The minimum Gasteiger partial charge on any atom is -0.505 e. The Labute approximate surface area is 182 Å². The number of aromatic nitrogens is 2. The molecule has 7 heteroatoms. The molecule has 3 heterocycles. The summed E-state index contributed by atoms with van der Waals surface area (Å²) in [5, 5.41) is 1.04. The molecule has 1 fully saturated rings. The quantitative estimate of drug-likeness (QED) is 0.388. The average molecular weight is 418 g/mol. The van der Waals surface area contributed by atoms with Gasteiger partial charge in [-0.25, -0.2) is 14.6 Å². The molecule has 0 bridgehead atoms. The molecule has 31 heavy (non-hydrogen) atoms. The van der Waals surface area contributed by atoms with Crippen molar-refractivity contribution in [3.05, 3.63) is 59.7 Å². The molecule has 4 rings (SSSR count). The Morgan fingerprint density at radius 2 is 2.13 bits per heavy atom. The number of rotatable bonds is 8. The van der Waals surface area contributed by atoms with Crippen molar-refractivity contribution >= 4 is 28.4 Å². The number of H-pyrrole nitrogens is 1. The molecule has 0 saturated carbocycles. The van der Waals surface area contributed by atoms with E-state index in [-0.39, 0.29) is 6.03 Å². The van der Waals surface area contributed by atoms with Crippen molar-refractivity contribution in [2.45, 2.75) is 39.2 Å². The molecule has 0 atom stereocenters. The monoisotopic (exact) mass is 417 g/mol. The van der Waals surface area contributed by atoms with E-state index in [2.05, 4.69) is 21.7 Å². The summed E-state index contributed by atoms with van der Waals surface area (Å²) >= 11 is 0. The van der Waals surface area contributed by atoms with E-state index < -0.39 is 0 Å². The van der Waals surface area contributed by atoms with Gasteiger partial charge in [0, 0.05) is 43.1 Å². The Kier molecular flexibility index (Phi) is 6.37. The number of urea groups is 1. The zero-order valence-electron chi connectivity index (χ0n) is 17.8. The van der Waals surface area contributed by atoms with Crippen molar-refractivity contribution < 1.29 is 9.53 Å². The fraction of sp³-hybridized carbons (Fsp3) is 0.375. The zero-order valence-corrected chi connectivity index (χ0v) is 17.8. The van der Waals surface area contributed by atoms with Crippen molar-refractivity contribution in [1.82, 2.24) is 14.9 Å². The number of carbonyl (C=O) groups is 1. The van der Waals surface area contributed by atoms with Gasteiger partial charge in [-0.3, -0.25) is 4.90 Å². The van der Waals surface area contributed by atoms with Crippen LogP contribution in [0, 0.1) is 6.57 Å². The molecule has 3 aromatic rings. The van der Waals surface area contributed by atoms with Crippen LogP contribution < -0.4 is 9.64 Å². The first-order valence-electron chi connectivity index (χ1n) is 10.8.